The average Bonchev–Trinajstić information content (AvgIpc) is 1.89. The lowest BCUT2D eigenvalue weighted by molar-refractivity contribution is -0.117. The molecular formula is C7H13NO2. The van der Waals surface area contributed by atoms with E-state index in [0.717, 1.165) is 6.42 Å². The Morgan fingerprint density at radius 1 is 1.70 bits per heavy atom. The molecule has 0 unspecified atom stereocenters. The molecule has 0 aromatic rings. The summed E-state index contributed by atoms with van der Waals surface area (Å²) in [5, 5.41) is 0. The van der Waals surface area contributed by atoms with E-state index in [9.17, 15) is 4.79 Å². The van der Waals surface area contributed by atoms with Gasteiger partial charge in [-0.05, 0) is 6.42 Å². The highest BCUT2D eigenvalue weighted by molar-refractivity contribution is 5.81. The Labute approximate surface area is 61.1 Å². The van der Waals surface area contributed by atoms with E-state index in [2.05, 4.69) is 9.73 Å². The first-order chi connectivity index (χ1) is 4.81. The van der Waals surface area contributed by atoms with E-state index in [-0.39, 0.29) is 12.3 Å². The number of rotatable bonds is 5. The van der Waals surface area contributed by atoms with Crippen LogP contribution in [0.5, 0.6) is 0 Å². The third kappa shape index (κ3) is 5.28. The molecule has 10 heavy (non-hydrogen) atoms. The molecule has 0 aromatic carbocycles. The minimum atomic E-state index is 0.163. The summed E-state index contributed by atoms with van der Waals surface area (Å²) in [4.78, 5) is 14.5. The SMILES string of the molecule is CCCC(=O)CN=COC. The molecule has 0 saturated heterocycles. The van der Waals surface area contributed by atoms with Crippen molar-refractivity contribution in [1.82, 2.24) is 0 Å². The zero-order valence-electron chi connectivity index (χ0n) is 6.46. The molecule has 58 valence electrons. The first kappa shape index (κ1) is 9.14. The molecule has 0 spiro atoms. The lowest BCUT2D eigenvalue weighted by Crippen LogP contribution is -2.01. The van der Waals surface area contributed by atoms with Crippen LogP contribution < -0.4 is 0 Å². The van der Waals surface area contributed by atoms with Crippen LogP contribution in [-0.2, 0) is 9.53 Å². The smallest absolute Gasteiger partial charge is 0.169 e. The summed E-state index contributed by atoms with van der Waals surface area (Å²) in [6.07, 6.45) is 2.79. The summed E-state index contributed by atoms with van der Waals surface area (Å²) in [6.45, 7) is 2.22. The number of carbonyl (C=O) groups excluding carboxylic acids is 1. The van der Waals surface area contributed by atoms with Crippen molar-refractivity contribution in [2.45, 2.75) is 19.8 Å². The van der Waals surface area contributed by atoms with Crippen molar-refractivity contribution in [2.24, 2.45) is 4.99 Å². The van der Waals surface area contributed by atoms with Gasteiger partial charge in [0.1, 0.15) is 6.54 Å². The number of ketones is 1. The average molecular weight is 143 g/mol. The van der Waals surface area contributed by atoms with Crippen LogP contribution in [0.1, 0.15) is 19.8 Å². The summed E-state index contributed by atoms with van der Waals surface area (Å²) in [7, 11) is 1.51. The predicted octanol–water partition coefficient (Wildman–Crippen LogP) is 1.03. The molecule has 0 aromatic heterocycles. The molecule has 0 atom stereocenters. The number of hydrogen-bond acceptors (Lipinski definition) is 3. The molecule has 0 heterocycles. The van der Waals surface area contributed by atoms with E-state index in [1.54, 1.807) is 0 Å². The van der Waals surface area contributed by atoms with Gasteiger partial charge >= 0.3 is 0 Å². The second-order valence-corrected chi connectivity index (χ2v) is 1.97. The molecule has 3 nitrogen and oxygen atoms in total. The standard InChI is InChI=1S/C7H13NO2/c1-3-4-7(9)5-8-6-10-2/h6H,3-5H2,1-2H3. The topological polar surface area (TPSA) is 38.7 Å². The van der Waals surface area contributed by atoms with Gasteiger partial charge in [0, 0.05) is 6.42 Å². The second kappa shape index (κ2) is 6.26. The van der Waals surface area contributed by atoms with Crippen molar-refractivity contribution in [2.75, 3.05) is 13.7 Å². The monoisotopic (exact) mass is 143 g/mol. The Kier molecular flexibility index (Phi) is 5.72. The van der Waals surface area contributed by atoms with Gasteiger partial charge < -0.3 is 4.74 Å². The fourth-order valence-electron chi connectivity index (χ4n) is 0.572. The Bertz CT molecular complexity index is 121. The number of Topliss-reactive ketones (excluding diaryl/α,β-unsaturated/α-hetero) is 1. The van der Waals surface area contributed by atoms with Crippen molar-refractivity contribution in [1.29, 1.82) is 0 Å². The minimum Gasteiger partial charge on any atom is -0.487 e. The Balaban J connectivity index is 3.30. The van der Waals surface area contributed by atoms with Crippen LogP contribution >= 0.6 is 0 Å². The van der Waals surface area contributed by atoms with Crippen LogP contribution in [0.2, 0.25) is 0 Å². The van der Waals surface area contributed by atoms with Gasteiger partial charge in [-0.2, -0.15) is 0 Å². The van der Waals surface area contributed by atoms with Crippen LogP contribution in [0, 0.1) is 0 Å². The highest BCUT2D eigenvalue weighted by Crippen LogP contribution is 1.88. The summed E-state index contributed by atoms with van der Waals surface area (Å²) in [6, 6.07) is 0. The molecular weight excluding hydrogens is 130 g/mol. The van der Waals surface area contributed by atoms with Gasteiger partial charge in [-0.25, -0.2) is 0 Å². The van der Waals surface area contributed by atoms with E-state index in [1.807, 2.05) is 6.92 Å². The summed E-state index contributed by atoms with van der Waals surface area (Å²) in [5.74, 6) is 0.163. The van der Waals surface area contributed by atoms with Gasteiger partial charge in [0.25, 0.3) is 0 Å². The highest BCUT2D eigenvalue weighted by atomic mass is 16.5. The largest absolute Gasteiger partial charge is 0.487 e. The molecule has 0 aliphatic carbocycles. The van der Waals surface area contributed by atoms with E-state index in [0.29, 0.717) is 6.42 Å². The van der Waals surface area contributed by atoms with Gasteiger partial charge in [-0.1, -0.05) is 6.92 Å². The van der Waals surface area contributed by atoms with E-state index >= 15 is 0 Å². The van der Waals surface area contributed by atoms with Crippen molar-refractivity contribution >= 4 is 12.2 Å². The quantitative estimate of drug-likeness (QED) is 0.426. The third-order valence-electron chi connectivity index (χ3n) is 0.976. The predicted molar refractivity (Wildman–Crippen MR) is 40.3 cm³/mol. The fraction of sp³-hybridized carbons (Fsp3) is 0.714. The van der Waals surface area contributed by atoms with E-state index in [1.165, 1.54) is 13.5 Å². The first-order valence-electron chi connectivity index (χ1n) is 3.34. The Morgan fingerprint density at radius 3 is 2.90 bits per heavy atom. The maximum absolute atomic E-state index is 10.7. The second-order valence-electron chi connectivity index (χ2n) is 1.97. The number of methoxy groups -OCH3 is 1. The van der Waals surface area contributed by atoms with Gasteiger partial charge in [0.2, 0.25) is 0 Å². The van der Waals surface area contributed by atoms with Gasteiger partial charge in [-0.15, -0.1) is 0 Å². The maximum Gasteiger partial charge on any atom is 0.169 e. The number of nitrogens with zero attached hydrogens (tertiary/aromatic N) is 1. The molecule has 3 heteroatoms. The lowest BCUT2D eigenvalue weighted by atomic mass is 10.2. The van der Waals surface area contributed by atoms with Crippen molar-refractivity contribution in [3.63, 3.8) is 0 Å². The normalized spacial score (nSPS) is 10.2. The molecule has 0 amide bonds. The lowest BCUT2D eigenvalue weighted by Gasteiger charge is -1.91. The van der Waals surface area contributed by atoms with Crippen LogP contribution in [0.25, 0.3) is 0 Å². The molecule has 0 aliphatic rings. The van der Waals surface area contributed by atoms with Gasteiger partial charge in [0.15, 0.2) is 12.2 Å². The van der Waals surface area contributed by atoms with E-state index < -0.39 is 0 Å². The molecule has 0 bridgehead atoms. The summed E-state index contributed by atoms with van der Waals surface area (Å²) < 4.78 is 4.53. The minimum absolute atomic E-state index is 0.163. The number of ether oxygens (including phenoxy) is 1. The van der Waals surface area contributed by atoms with Crippen molar-refractivity contribution < 1.29 is 9.53 Å². The number of aliphatic imine (C=N–C) groups is 1. The molecule has 0 aliphatic heterocycles. The highest BCUT2D eigenvalue weighted by Gasteiger charge is 1.95. The van der Waals surface area contributed by atoms with Crippen LogP contribution in [0.3, 0.4) is 0 Å². The zero-order chi connectivity index (χ0) is 7.82. The summed E-state index contributed by atoms with van der Waals surface area (Å²) >= 11 is 0. The van der Waals surface area contributed by atoms with Crippen LogP contribution in [0.4, 0.5) is 0 Å². The van der Waals surface area contributed by atoms with Crippen LogP contribution in [-0.4, -0.2) is 25.8 Å². The first-order valence-corrected chi connectivity index (χ1v) is 3.34. The maximum atomic E-state index is 10.7. The third-order valence-corrected chi connectivity index (χ3v) is 0.976. The van der Waals surface area contributed by atoms with Crippen molar-refractivity contribution in [3.05, 3.63) is 0 Å². The number of hydrogen-bond donors (Lipinski definition) is 0. The van der Waals surface area contributed by atoms with Gasteiger partial charge in [-0.3, -0.25) is 9.79 Å². The molecule has 0 fully saturated rings. The molecule has 0 saturated carbocycles. The Hall–Kier alpha value is -0.860. The molecule has 0 radical (unpaired) electrons. The molecule has 0 N–H and O–H groups in total. The fourth-order valence-corrected chi connectivity index (χ4v) is 0.572. The molecule has 0 rings (SSSR count). The van der Waals surface area contributed by atoms with Crippen molar-refractivity contribution in [3.8, 4) is 0 Å². The number of carbonyl (C=O) groups is 1. The Morgan fingerprint density at radius 2 is 2.40 bits per heavy atom. The summed E-state index contributed by atoms with van der Waals surface area (Å²) in [5.41, 5.74) is 0. The van der Waals surface area contributed by atoms with Crippen LogP contribution in [0.15, 0.2) is 4.99 Å². The van der Waals surface area contributed by atoms with Gasteiger partial charge in [0.05, 0.1) is 7.11 Å². The van der Waals surface area contributed by atoms with E-state index in [4.69, 9.17) is 0 Å². The zero-order valence-corrected chi connectivity index (χ0v) is 6.46.